The molecule has 2 heterocycles. The second kappa shape index (κ2) is 16.9. The molecule has 52 heavy (non-hydrogen) atoms. The maximum absolute atomic E-state index is 14.9. The number of ketones is 1. The number of halogens is 2. The van der Waals surface area contributed by atoms with E-state index in [1.807, 2.05) is 58.0 Å². The Labute approximate surface area is 312 Å². The Morgan fingerprint density at radius 2 is 1.75 bits per heavy atom. The first-order chi connectivity index (χ1) is 24.9. The van der Waals surface area contributed by atoms with Gasteiger partial charge in [-0.2, -0.15) is 4.98 Å². The molecule has 12 nitrogen and oxygen atoms in total. The van der Waals surface area contributed by atoms with Crippen molar-refractivity contribution in [3.63, 3.8) is 0 Å². The molecule has 2 aromatic carbocycles. The number of esters is 1. The molecule has 1 aliphatic carbocycles. The SMILES string of the molecule is CCOC(=O)c1noc([C@@H](CC(=O)[C@]2(NC(=O)[C@@H](NC(=O)OCc3ccccc3)C(C)CC)CCc3[nH]c4c(Cl)cc(Cl)cc4c3C2)C(C)CC)n1. The van der Waals surface area contributed by atoms with Gasteiger partial charge in [-0.15, -0.1) is 0 Å². The predicted octanol–water partition coefficient (Wildman–Crippen LogP) is 7.51. The number of rotatable bonds is 15. The van der Waals surface area contributed by atoms with Crippen LogP contribution < -0.4 is 10.6 Å². The van der Waals surface area contributed by atoms with Crippen molar-refractivity contribution >= 4 is 57.9 Å². The lowest BCUT2D eigenvalue weighted by Gasteiger charge is -2.39. The summed E-state index contributed by atoms with van der Waals surface area (Å²) in [4.78, 5) is 62.3. The fourth-order valence-corrected chi connectivity index (χ4v) is 7.21. The van der Waals surface area contributed by atoms with Crippen LogP contribution in [0.4, 0.5) is 4.79 Å². The first-order valence-electron chi connectivity index (χ1n) is 17.7. The van der Waals surface area contributed by atoms with E-state index in [4.69, 9.17) is 37.2 Å². The van der Waals surface area contributed by atoms with Gasteiger partial charge in [0, 0.05) is 34.9 Å². The van der Waals surface area contributed by atoms with Gasteiger partial charge in [0.25, 0.3) is 5.82 Å². The minimum absolute atomic E-state index is 0.0307. The number of Topliss-reactive ketones (excluding diaryl/α,β-unsaturated/α-hetero) is 1. The Hall–Kier alpha value is -4.42. The molecule has 1 aliphatic rings. The van der Waals surface area contributed by atoms with Crippen LogP contribution in [0.25, 0.3) is 10.9 Å². The number of carbonyl (C=O) groups is 4. The van der Waals surface area contributed by atoms with E-state index in [0.29, 0.717) is 34.8 Å². The van der Waals surface area contributed by atoms with Crippen molar-refractivity contribution in [1.82, 2.24) is 25.8 Å². The van der Waals surface area contributed by atoms with E-state index < -0.39 is 35.5 Å². The Morgan fingerprint density at radius 1 is 1.02 bits per heavy atom. The smallest absolute Gasteiger partial charge is 0.408 e. The van der Waals surface area contributed by atoms with Crippen molar-refractivity contribution in [1.29, 1.82) is 0 Å². The van der Waals surface area contributed by atoms with Crippen LogP contribution in [0, 0.1) is 11.8 Å². The number of amides is 2. The average Bonchev–Trinajstić information content (AvgIpc) is 3.77. The molecule has 0 saturated carbocycles. The first kappa shape index (κ1) is 38.8. The molecule has 0 saturated heterocycles. The molecule has 0 fully saturated rings. The van der Waals surface area contributed by atoms with Gasteiger partial charge in [0.15, 0.2) is 5.78 Å². The van der Waals surface area contributed by atoms with Crippen LogP contribution in [0.2, 0.25) is 10.0 Å². The number of aromatic amines is 1. The van der Waals surface area contributed by atoms with Crippen LogP contribution in [0.1, 0.15) is 99.6 Å². The summed E-state index contributed by atoms with van der Waals surface area (Å²) in [7, 11) is 0. The lowest BCUT2D eigenvalue weighted by Crippen LogP contribution is -2.62. The van der Waals surface area contributed by atoms with Crippen LogP contribution in [0.15, 0.2) is 47.0 Å². The zero-order chi connectivity index (χ0) is 37.6. The van der Waals surface area contributed by atoms with E-state index in [9.17, 15) is 19.2 Å². The maximum Gasteiger partial charge on any atom is 0.408 e. The van der Waals surface area contributed by atoms with Crippen LogP contribution in [0.3, 0.4) is 0 Å². The van der Waals surface area contributed by atoms with Gasteiger partial charge in [0.2, 0.25) is 11.8 Å². The topological polar surface area (TPSA) is 166 Å². The van der Waals surface area contributed by atoms with Gasteiger partial charge in [-0.25, -0.2) is 9.59 Å². The Bertz CT molecular complexity index is 1910. The van der Waals surface area contributed by atoms with E-state index in [-0.39, 0.29) is 61.8 Å². The first-order valence-corrected chi connectivity index (χ1v) is 18.5. The standard InChI is InChI=1S/C38H45Cl2N5O7/c1-6-21(4)25(35-43-33(45-52-35)36(48)50-8-3)18-30(46)38(15-14-29-27(19-38)26-16-24(39)17-28(40)32(26)41-29)44-34(47)31(22(5)7-2)42-37(49)51-20-23-12-10-9-11-13-23/h9-13,16-17,21-22,25,31,41H,6-8,14-15,18-20H2,1-5H3,(H,42,49)(H,44,47)/t21?,22?,25-,31-,38-/m0/s1. The molecule has 0 spiro atoms. The van der Waals surface area contributed by atoms with Crippen molar-refractivity contribution in [2.75, 3.05) is 6.61 Å². The lowest BCUT2D eigenvalue weighted by atomic mass is 9.73. The minimum Gasteiger partial charge on any atom is -0.460 e. The molecule has 4 aromatic rings. The monoisotopic (exact) mass is 753 g/mol. The van der Waals surface area contributed by atoms with E-state index >= 15 is 0 Å². The molecule has 0 aliphatic heterocycles. The van der Waals surface area contributed by atoms with Crippen molar-refractivity contribution in [3.05, 3.63) is 81.0 Å². The maximum atomic E-state index is 14.9. The quantitative estimate of drug-likeness (QED) is 0.104. The number of benzene rings is 2. The van der Waals surface area contributed by atoms with E-state index in [1.165, 1.54) is 0 Å². The second-order valence-corrected chi connectivity index (χ2v) is 14.3. The largest absolute Gasteiger partial charge is 0.460 e. The number of hydrogen-bond acceptors (Lipinski definition) is 9. The van der Waals surface area contributed by atoms with Crippen molar-refractivity contribution in [3.8, 4) is 0 Å². The highest BCUT2D eigenvalue weighted by Crippen LogP contribution is 2.40. The van der Waals surface area contributed by atoms with E-state index in [2.05, 4.69) is 25.8 Å². The molecule has 0 bridgehead atoms. The van der Waals surface area contributed by atoms with Gasteiger partial charge in [0.1, 0.15) is 18.2 Å². The molecule has 2 amide bonds. The zero-order valence-corrected chi connectivity index (χ0v) is 31.5. The summed E-state index contributed by atoms with van der Waals surface area (Å²) in [6.45, 7) is 9.56. The summed E-state index contributed by atoms with van der Waals surface area (Å²) in [5, 5.41) is 11.3. The highest BCUT2D eigenvalue weighted by Gasteiger charge is 2.46. The number of hydrogen-bond donors (Lipinski definition) is 3. The van der Waals surface area contributed by atoms with Gasteiger partial charge in [-0.05, 0) is 60.0 Å². The number of alkyl carbamates (subject to hydrolysis) is 1. The van der Waals surface area contributed by atoms with Gasteiger partial charge >= 0.3 is 12.1 Å². The summed E-state index contributed by atoms with van der Waals surface area (Å²) >= 11 is 13.0. The second-order valence-electron chi connectivity index (χ2n) is 13.5. The third kappa shape index (κ3) is 8.61. The number of ether oxygens (including phenoxy) is 2. The Kier molecular flexibility index (Phi) is 12.6. The number of aryl methyl sites for hydroxylation is 1. The van der Waals surface area contributed by atoms with Gasteiger partial charge in [-0.1, -0.05) is 94.1 Å². The summed E-state index contributed by atoms with van der Waals surface area (Å²) < 4.78 is 16.0. The number of nitrogens with zero attached hydrogens (tertiary/aromatic N) is 2. The Balaban J connectivity index is 1.48. The minimum atomic E-state index is -1.40. The van der Waals surface area contributed by atoms with E-state index in [1.54, 1.807) is 19.1 Å². The third-order valence-corrected chi connectivity index (χ3v) is 10.6. The number of H-pyrrole nitrogens is 1. The number of carbonyl (C=O) groups excluding carboxylic acids is 4. The summed E-state index contributed by atoms with van der Waals surface area (Å²) in [6.07, 6.45) is 1.24. The predicted molar refractivity (Wildman–Crippen MR) is 196 cm³/mol. The van der Waals surface area contributed by atoms with Crippen LogP contribution in [-0.4, -0.2) is 57.1 Å². The fraction of sp³-hybridized carbons (Fsp3) is 0.474. The molecular formula is C38H45Cl2N5O7. The van der Waals surface area contributed by atoms with Gasteiger partial charge in [0.05, 0.1) is 17.1 Å². The molecule has 14 heteroatoms. The Morgan fingerprint density at radius 3 is 2.44 bits per heavy atom. The highest BCUT2D eigenvalue weighted by atomic mass is 35.5. The molecule has 5 atom stereocenters. The molecule has 5 rings (SSSR count). The molecule has 2 unspecified atom stereocenters. The lowest BCUT2D eigenvalue weighted by molar-refractivity contribution is -0.134. The number of aromatic nitrogens is 3. The molecule has 0 radical (unpaired) electrons. The van der Waals surface area contributed by atoms with Gasteiger partial charge in [-0.3, -0.25) is 9.59 Å². The zero-order valence-electron chi connectivity index (χ0n) is 30.0. The van der Waals surface area contributed by atoms with Crippen molar-refractivity contribution < 1.29 is 33.2 Å². The van der Waals surface area contributed by atoms with Gasteiger partial charge < -0.3 is 29.6 Å². The van der Waals surface area contributed by atoms with Crippen LogP contribution in [-0.2, 0) is 38.5 Å². The van der Waals surface area contributed by atoms with Crippen molar-refractivity contribution in [2.24, 2.45) is 11.8 Å². The molecular weight excluding hydrogens is 709 g/mol. The normalized spacial score (nSPS) is 17.8. The van der Waals surface area contributed by atoms with Crippen LogP contribution in [0.5, 0.6) is 0 Å². The number of nitrogens with one attached hydrogen (secondary N) is 3. The summed E-state index contributed by atoms with van der Waals surface area (Å²) in [5.74, 6) is -2.55. The van der Waals surface area contributed by atoms with E-state index in [0.717, 1.165) is 22.2 Å². The van der Waals surface area contributed by atoms with Crippen molar-refractivity contribution in [2.45, 2.75) is 97.2 Å². The molecule has 278 valence electrons. The summed E-state index contributed by atoms with van der Waals surface area (Å²) in [6, 6.07) is 11.7. The fourth-order valence-electron chi connectivity index (χ4n) is 6.67. The summed E-state index contributed by atoms with van der Waals surface area (Å²) in [5.41, 5.74) is 1.81. The van der Waals surface area contributed by atoms with Crippen LogP contribution >= 0.6 is 23.2 Å². The number of fused-ring (bicyclic) bond motifs is 3. The third-order valence-electron chi connectivity index (χ3n) is 10.1. The average molecular weight is 755 g/mol. The molecule has 3 N–H and O–H groups in total. The molecule has 2 aromatic heterocycles. The highest BCUT2D eigenvalue weighted by molar-refractivity contribution is 6.38.